The Kier molecular flexibility index (Phi) is 6.75. The molecule has 6 heteroatoms. The highest BCUT2D eigenvalue weighted by Gasteiger charge is 2.17. The molecule has 24 heavy (non-hydrogen) atoms. The molecular formula is C18H27N3O3. The third kappa shape index (κ3) is 5.32. The molecule has 0 bridgehead atoms. The molecule has 0 saturated carbocycles. The Bertz CT molecular complexity index is 583. The molecule has 132 valence electrons. The summed E-state index contributed by atoms with van der Waals surface area (Å²) in [5, 5.41) is 2.94. The molecular weight excluding hydrogens is 306 g/mol. The maximum atomic E-state index is 12.2. The Balaban J connectivity index is 1.75. The van der Waals surface area contributed by atoms with Gasteiger partial charge in [0.1, 0.15) is 0 Å². The zero-order chi connectivity index (χ0) is 17.5. The number of hydrogen-bond acceptors (Lipinski definition) is 4. The topological polar surface area (TPSA) is 61.9 Å². The molecule has 0 spiro atoms. The molecule has 1 aromatic rings. The SMILES string of the molecule is Cc1cccc(NC(=O)CN(C)CCC(=O)N2CCOCC2)c1C. The van der Waals surface area contributed by atoms with Crippen molar-refractivity contribution < 1.29 is 14.3 Å². The summed E-state index contributed by atoms with van der Waals surface area (Å²) in [5.74, 6) is 0.0603. The van der Waals surface area contributed by atoms with Gasteiger partial charge in [-0.25, -0.2) is 0 Å². The van der Waals surface area contributed by atoms with Gasteiger partial charge in [-0.2, -0.15) is 0 Å². The lowest BCUT2D eigenvalue weighted by Crippen LogP contribution is -2.42. The summed E-state index contributed by atoms with van der Waals surface area (Å²) < 4.78 is 5.25. The Hall–Kier alpha value is -1.92. The number of benzene rings is 1. The number of hydrogen-bond donors (Lipinski definition) is 1. The van der Waals surface area contributed by atoms with Gasteiger partial charge in [-0.05, 0) is 38.1 Å². The highest BCUT2D eigenvalue weighted by atomic mass is 16.5. The van der Waals surface area contributed by atoms with Gasteiger partial charge in [0.15, 0.2) is 0 Å². The maximum Gasteiger partial charge on any atom is 0.238 e. The number of morpholine rings is 1. The molecule has 2 amide bonds. The number of nitrogens with zero attached hydrogens (tertiary/aromatic N) is 2. The number of aryl methyl sites for hydroxylation is 1. The Morgan fingerprint density at radius 3 is 2.67 bits per heavy atom. The molecule has 1 aliphatic rings. The highest BCUT2D eigenvalue weighted by Crippen LogP contribution is 2.17. The van der Waals surface area contributed by atoms with Crippen LogP contribution in [0.2, 0.25) is 0 Å². The standard InChI is InChI=1S/C18H27N3O3/c1-14-5-4-6-16(15(14)2)19-17(22)13-20(3)8-7-18(23)21-9-11-24-12-10-21/h4-6H,7-13H2,1-3H3,(H,19,22). The van der Waals surface area contributed by atoms with E-state index in [-0.39, 0.29) is 18.4 Å². The van der Waals surface area contributed by atoms with Crippen molar-refractivity contribution in [3.8, 4) is 0 Å². The van der Waals surface area contributed by atoms with Gasteiger partial charge in [0, 0.05) is 31.7 Å². The molecule has 1 fully saturated rings. The number of amides is 2. The monoisotopic (exact) mass is 333 g/mol. The Morgan fingerprint density at radius 2 is 1.96 bits per heavy atom. The molecule has 2 rings (SSSR count). The van der Waals surface area contributed by atoms with Crippen LogP contribution in [0.25, 0.3) is 0 Å². The second-order valence-corrected chi connectivity index (χ2v) is 6.28. The van der Waals surface area contributed by atoms with Crippen LogP contribution in [0.3, 0.4) is 0 Å². The lowest BCUT2D eigenvalue weighted by molar-refractivity contribution is -0.135. The van der Waals surface area contributed by atoms with Crippen molar-refractivity contribution in [1.29, 1.82) is 0 Å². The van der Waals surface area contributed by atoms with Crippen molar-refractivity contribution in [2.75, 3.05) is 51.8 Å². The number of carbonyl (C=O) groups is 2. The molecule has 6 nitrogen and oxygen atoms in total. The fraction of sp³-hybridized carbons (Fsp3) is 0.556. The summed E-state index contributed by atoms with van der Waals surface area (Å²) in [6.07, 6.45) is 0.424. The van der Waals surface area contributed by atoms with Crippen molar-refractivity contribution in [3.63, 3.8) is 0 Å². The Morgan fingerprint density at radius 1 is 1.25 bits per heavy atom. The fourth-order valence-corrected chi connectivity index (χ4v) is 2.66. The predicted molar refractivity (Wildman–Crippen MR) is 94.1 cm³/mol. The molecule has 1 saturated heterocycles. The minimum atomic E-state index is -0.0648. The van der Waals surface area contributed by atoms with Crippen LogP contribution >= 0.6 is 0 Å². The highest BCUT2D eigenvalue weighted by molar-refractivity contribution is 5.93. The van der Waals surface area contributed by atoms with Crippen molar-refractivity contribution in [2.24, 2.45) is 0 Å². The first-order valence-corrected chi connectivity index (χ1v) is 8.37. The second-order valence-electron chi connectivity index (χ2n) is 6.28. The van der Waals surface area contributed by atoms with Crippen molar-refractivity contribution in [2.45, 2.75) is 20.3 Å². The van der Waals surface area contributed by atoms with Gasteiger partial charge in [0.05, 0.1) is 19.8 Å². The van der Waals surface area contributed by atoms with Gasteiger partial charge in [0.2, 0.25) is 11.8 Å². The predicted octanol–water partition coefficient (Wildman–Crippen LogP) is 1.42. The molecule has 1 aromatic carbocycles. The molecule has 0 aromatic heterocycles. The molecule has 1 N–H and O–H groups in total. The summed E-state index contributed by atoms with van der Waals surface area (Å²) in [7, 11) is 1.86. The minimum absolute atomic E-state index is 0.0648. The molecule has 0 atom stereocenters. The van der Waals surface area contributed by atoms with E-state index in [1.54, 1.807) is 0 Å². The van der Waals surface area contributed by atoms with Crippen LogP contribution < -0.4 is 5.32 Å². The smallest absolute Gasteiger partial charge is 0.238 e. The molecule has 0 unspecified atom stereocenters. The number of anilines is 1. The normalized spacial score (nSPS) is 14.8. The quantitative estimate of drug-likeness (QED) is 0.855. The first-order valence-electron chi connectivity index (χ1n) is 8.37. The van der Waals surface area contributed by atoms with E-state index in [2.05, 4.69) is 5.32 Å². The summed E-state index contributed by atoms with van der Waals surface area (Å²) in [4.78, 5) is 28.0. The van der Waals surface area contributed by atoms with Crippen LogP contribution in [-0.4, -0.2) is 68.1 Å². The second kappa shape index (κ2) is 8.80. The van der Waals surface area contributed by atoms with E-state index in [9.17, 15) is 9.59 Å². The van der Waals surface area contributed by atoms with Crippen molar-refractivity contribution in [3.05, 3.63) is 29.3 Å². The number of carbonyl (C=O) groups excluding carboxylic acids is 2. The first-order chi connectivity index (χ1) is 11.5. The lowest BCUT2D eigenvalue weighted by atomic mass is 10.1. The van der Waals surface area contributed by atoms with Crippen LogP contribution in [0.15, 0.2) is 18.2 Å². The zero-order valence-electron chi connectivity index (χ0n) is 14.8. The van der Waals surface area contributed by atoms with Crippen LogP contribution in [0, 0.1) is 13.8 Å². The van der Waals surface area contributed by atoms with E-state index >= 15 is 0 Å². The zero-order valence-corrected chi connectivity index (χ0v) is 14.8. The van der Waals surface area contributed by atoms with Crippen LogP contribution in [0.1, 0.15) is 17.5 Å². The van der Waals surface area contributed by atoms with Crippen molar-refractivity contribution in [1.82, 2.24) is 9.80 Å². The molecule has 1 aliphatic heterocycles. The third-order valence-corrected chi connectivity index (χ3v) is 4.36. The summed E-state index contributed by atoms with van der Waals surface area (Å²) in [6, 6.07) is 5.86. The van der Waals surface area contributed by atoms with E-state index in [0.717, 1.165) is 16.8 Å². The van der Waals surface area contributed by atoms with E-state index in [1.165, 1.54) is 0 Å². The fourth-order valence-electron chi connectivity index (χ4n) is 2.66. The van der Waals surface area contributed by atoms with Crippen LogP contribution in [0.5, 0.6) is 0 Å². The van der Waals surface area contributed by atoms with Gasteiger partial charge < -0.3 is 15.0 Å². The largest absolute Gasteiger partial charge is 0.378 e. The first kappa shape index (κ1) is 18.4. The van der Waals surface area contributed by atoms with E-state index in [0.29, 0.717) is 39.3 Å². The minimum Gasteiger partial charge on any atom is -0.378 e. The Labute approximate surface area is 143 Å². The number of ether oxygens (including phenoxy) is 1. The van der Waals surface area contributed by atoms with Crippen LogP contribution in [-0.2, 0) is 14.3 Å². The summed E-state index contributed by atoms with van der Waals surface area (Å²) in [6.45, 7) is 7.40. The van der Waals surface area contributed by atoms with E-state index in [1.807, 2.05) is 48.9 Å². The molecule has 0 radical (unpaired) electrons. The summed E-state index contributed by atoms with van der Waals surface area (Å²) in [5.41, 5.74) is 3.08. The van der Waals surface area contributed by atoms with Gasteiger partial charge in [0.25, 0.3) is 0 Å². The van der Waals surface area contributed by atoms with Crippen LogP contribution in [0.4, 0.5) is 5.69 Å². The third-order valence-electron chi connectivity index (χ3n) is 4.36. The van der Waals surface area contributed by atoms with E-state index < -0.39 is 0 Å². The average Bonchev–Trinajstić information content (AvgIpc) is 2.57. The molecule has 1 heterocycles. The number of nitrogens with one attached hydrogen (secondary N) is 1. The number of rotatable bonds is 6. The maximum absolute atomic E-state index is 12.2. The lowest BCUT2D eigenvalue weighted by Gasteiger charge is -2.27. The average molecular weight is 333 g/mol. The number of likely N-dealkylation sites (N-methyl/N-ethyl adjacent to an activating group) is 1. The van der Waals surface area contributed by atoms with E-state index in [4.69, 9.17) is 4.74 Å². The van der Waals surface area contributed by atoms with Gasteiger partial charge in [-0.3, -0.25) is 14.5 Å². The van der Waals surface area contributed by atoms with Gasteiger partial charge in [-0.15, -0.1) is 0 Å². The van der Waals surface area contributed by atoms with Gasteiger partial charge in [-0.1, -0.05) is 12.1 Å². The molecule has 0 aliphatic carbocycles. The van der Waals surface area contributed by atoms with Crippen molar-refractivity contribution >= 4 is 17.5 Å². The summed E-state index contributed by atoms with van der Waals surface area (Å²) >= 11 is 0. The van der Waals surface area contributed by atoms with Gasteiger partial charge >= 0.3 is 0 Å².